The summed E-state index contributed by atoms with van der Waals surface area (Å²) in [7, 11) is 0. The number of nitrogens with zero attached hydrogens (tertiary/aromatic N) is 1. The minimum absolute atomic E-state index is 0.0728. The van der Waals surface area contributed by atoms with Gasteiger partial charge in [-0.2, -0.15) is 0 Å². The van der Waals surface area contributed by atoms with Gasteiger partial charge in [0.15, 0.2) is 12.4 Å². The Kier molecular flexibility index (Phi) is 6.49. The molecule has 2 aliphatic carbocycles. The normalized spacial score (nSPS) is 32.5. The second-order valence-electron chi connectivity index (χ2n) is 8.78. The minimum atomic E-state index is -1.04. The molecule has 3 fully saturated rings. The van der Waals surface area contributed by atoms with E-state index in [4.69, 9.17) is 4.74 Å². The number of carbonyl (C=O) groups excluding carboxylic acids is 4. The van der Waals surface area contributed by atoms with Gasteiger partial charge in [-0.3, -0.25) is 19.3 Å². The van der Waals surface area contributed by atoms with E-state index in [1.54, 1.807) is 38.1 Å². The molecule has 1 aromatic carbocycles. The molecule has 9 heteroatoms. The van der Waals surface area contributed by atoms with Gasteiger partial charge < -0.3 is 4.74 Å². The molecule has 1 saturated heterocycles. The zero-order valence-corrected chi connectivity index (χ0v) is 21.7. The van der Waals surface area contributed by atoms with E-state index in [1.165, 1.54) is 0 Å². The zero-order chi connectivity index (χ0) is 22.6. The van der Waals surface area contributed by atoms with E-state index in [2.05, 4.69) is 47.8 Å². The van der Waals surface area contributed by atoms with Crippen molar-refractivity contribution in [2.24, 2.45) is 29.6 Å². The number of alkyl halides is 2. The molecule has 1 heterocycles. The summed E-state index contributed by atoms with van der Waals surface area (Å²) in [6, 6.07) is 5.70. The van der Waals surface area contributed by atoms with Crippen LogP contribution in [-0.2, 0) is 19.1 Å². The number of hydrogen-bond donors (Lipinski definition) is 0. The second-order valence-corrected chi connectivity index (χ2v) is 11.8. The van der Waals surface area contributed by atoms with Gasteiger partial charge in [0.1, 0.15) is 6.04 Å². The number of carbonyl (C=O) groups is 4. The molecule has 7 atom stereocenters. The number of ether oxygens (including phenoxy) is 1. The van der Waals surface area contributed by atoms with E-state index in [-0.39, 0.29) is 45.0 Å². The third-order valence-electron chi connectivity index (χ3n) is 6.68. The number of benzene rings is 1. The van der Waals surface area contributed by atoms with Gasteiger partial charge in [0.05, 0.1) is 11.8 Å². The number of likely N-dealkylation sites (tertiary alicyclic amines) is 1. The largest absolute Gasteiger partial charge is 0.456 e. The first-order valence-electron chi connectivity index (χ1n) is 10.2. The highest BCUT2D eigenvalue weighted by Gasteiger charge is 2.67. The lowest BCUT2D eigenvalue weighted by molar-refractivity contribution is -0.160. The molecule has 1 aromatic rings. The Balaban J connectivity index is 1.49. The summed E-state index contributed by atoms with van der Waals surface area (Å²) in [5.41, 5.74) is 0.420. The highest BCUT2D eigenvalue weighted by Crippen LogP contribution is 2.60. The van der Waals surface area contributed by atoms with Gasteiger partial charge in [-0.15, -0.1) is 0 Å². The lowest BCUT2D eigenvalue weighted by Gasteiger charge is -2.28. The Bertz CT molecular complexity index is 902. The Hall–Kier alpha value is -1.06. The number of esters is 1. The number of Topliss-reactive ketones (excluding diaryl/α,β-unsaturated/α-hetero) is 1. The molecule has 0 aromatic heterocycles. The Morgan fingerprint density at radius 3 is 2.03 bits per heavy atom. The maximum atomic E-state index is 13.3. The summed E-state index contributed by atoms with van der Waals surface area (Å²) in [5.74, 6) is -2.63. The third-order valence-corrected chi connectivity index (χ3v) is 10.4. The molecule has 3 aliphatic rings. The van der Waals surface area contributed by atoms with E-state index in [1.807, 2.05) is 0 Å². The van der Waals surface area contributed by atoms with Crippen LogP contribution in [0.3, 0.4) is 0 Å². The zero-order valence-electron chi connectivity index (χ0n) is 17.0. The van der Waals surface area contributed by atoms with E-state index in [0.29, 0.717) is 5.56 Å². The van der Waals surface area contributed by atoms with E-state index in [0.717, 1.165) is 15.8 Å². The number of fused-ring (bicyclic) bond motifs is 5. The van der Waals surface area contributed by atoms with Gasteiger partial charge in [-0.05, 0) is 36.3 Å². The van der Waals surface area contributed by atoms with Crippen molar-refractivity contribution in [3.05, 3.63) is 34.3 Å². The standard InChI is InChI=1S/C22H22Br3NO5/c1-9(2)19(22(30)31-8-14(27)10-3-5-11(23)6-4-10)26-20(28)15-12-7-13(16(15)21(26)29)18(25)17(12)24/h3-6,9,12-13,15-19H,7-8H2,1-2H3/t12-,13-,15-,16+,17-,18+,19+/m0/s1. The summed E-state index contributed by atoms with van der Waals surface area (Å²) in [4.78, 5) is 53.2. The maximum Gasteiger partial charge on any atom is 0.330 e. The summed E-state index contributed by atoms with van der Waals surface area (Å²) < 4.78 is 6.13. The Labute approximate surface area is 205 Å². The fraction of sp³-hybridized carbons (Fsp3) is 0.545. The summed E-state index contributed by atoms with van der Waals surface area (Å²) in [6.45, 7) is 3.10. The predicted octanol–water partition coefficient (Wildman–Crippen LogP) is 3.98. The molecule has 6 nitrogen and oxygen atoms in total. The monoisotopic (exact) mass is 617 g/mol. The van der Waals surface area contributed by atoms with Crippen LogP contribution in [0.1, 0.15) is 30.6 Å². The topological polar surface area (TPSA) is 80.8 Å². The Morgan fingerprint density at radius 1 is 1.03 bits per heavy atom. The summed E-state index contributed by atoms with van der Waals surface area (Å²) >= 11 is 10.6. The van der Waals surface area contributed by atoms with Crippen LogP contribution < -0.4 is 0 Å². The number of halogens is 3. The number of hydrogen-bond acceptors (Lipinski definition) is 5. The fourth-order valence-corrected chi connectivity index (χ4v) is 7.40. The van der Waals surface area contributed by atoms with Crippen molar-refractivity contribution in [1.29, 1.82) is 0 Å². The molecule has 2 amide bonds. The molecule has 0 spiro atoms. The molecule has 2 bridgehead atoms. The fourth-order valence-electron chi connectivity index (χ4n) is 5.26. The molecular formula is C22H22Br3NO5. The first-order chi connectivity index (χ1) is 14.6. The van der Waals surface area contributed by atoms with Crippen molar-refractivity contribution in [2.75, 3.05) is 6.61 Å². The van der Waals surface area contributed by atoms with Crippen molar-refractivity contribution in [3.8, 4) is 0 Å². The van der Waals surface area contributed by atoms with Gasteiger partial charge >= 0.3 is 5.97 Å². The minimum Gasteiger partial charge on any atom is -0.456 e. The average molecular weight is 620 g/mol. The quantitative estimate of drug-likeness (QED) is 0.208. The van der Waals surface area contributed by atoms with Crippen LogP contribution in [0, 0.1) is 29.6 Å². The van der Waals surface area contributed by atoms with Crippen LogP contribution in [0.25, 0.3) is 0 Å². The summed E-state index contributed by atoms with van der Waals surface area (Å²) in [5, 5.41) is 0. The smallest absolute Gasteiger partial charge is 0.330 e. The van der Waals surface area contributed by atoms with Gasteiger partial charge in [0.25, 0.3) is 0 Å². The van der Waals surface area contributed by atoms with Gasteiger partial charge in [0, 0.05) is 19.7 Å². The van der Waals surface area contributed by atoms with Crippen molar-refractivity contribution in [2.45, 2.75) is 36.0 Å². The SMILES string of the molecule is CC(C)[C@H](C(=O)OCC(=O)c1ccc(Br)cc1)N1C(=O)[C@@H]2[C@@H]3C[C@H]([C@H](Br)[C@@H]3Br)[C@@H]2C1=O. The van der Waals surface area contributed by atoms with Crippen LogP contribution in [-0.4, -0.2) is 50.8 Å². The molecule has 31 heavy (non-hydrogen) atoms. The molecule has 2 saturated carbocycles. The third kappa shape index (κ3) is 3.84. The van der Waals surface area contributed by atoms with Gasteiger partial charge in [0.2, 0.25) is 11.8 Å². The van der Waals surface area contributed by atoms with Gasteiger partial charge in [-0.25, -0.2) is 4.79 Å². The van der Waals surface area contributed by atoms with E-state index in [9.17, 15) is 19.2 Å². The molecule has 4 rings (SSSR count). The highest BCUT2D eigenvalue weighted by atomic mass is 79.9. The molecule has 0 N–H and O–H groups in total. The predicted molar refractivity (Wildman–Crippen MR) is 124 cm³/mol. The van der Waals surface area contributed by atoms with Crippen molar-refractivity contribution >= 4 is 71.4 Å². The van der Waals surface area contributed by atoms with Crippen LogP contribution in [0.2, 0.25) is 0 Å². The average Bonchev–Trinajstić information content (AvgIpc) is 3.33. The Morgan fingerprint density at radius 2 is 1.55 bits per heavy atom. The molecule has 166 valence electrons. The van der Waals surface area contributed by atoms with E-state index >= 15 is 0 Å². The van der Waals surface area contributed by atoms with Crippen LogP contribution in [0.5, 0.6) is 0 Å². The molecule has 0 unspecified atom stereocenters. The second kappa shape index (κ2) is 8.71. The van der Waals surface area contributed by atoms with Crippen molar-refractivity contribution in [3.63, 3.8) is 0 Å². The lowest BCUT2D eigenvalue weighted by Crippen LogP contribution is -2.50. The van der Waals surface area contributed by atoms with Crippen LogP contribution >= 0.6 is 47.8 Å². The number of amides is 2. The lowest BCUT2D eigenvalue weighted by atomic mass is 9.81. The molecule has 1 aliphatic heterocycles. The number of imide groups is 1. The first-order valence-corrected chi connectivity index (χ1v) is 12.9. The van der Waals surface area contributed by atoms with Crippen LogP contribution in [0.4, 0.5) is 0 Å². The molecule has 0 radical (unpaired) electrons. The van der Waals surface area contributed by atoms with Crippen molar-refractivity contribution < 1.29 is 23.9 Å². The van der Waals surface area contributed by atoms with Gasteiger partial charge in [-0.1, -0.05) is 73.8 Å². The highest BCUT2D eigenvalue weighted by molar-refractivity contribution is 9.12. The number of ketones is 1. The first kappa shape index (κ1) is 23.1. The van der Waals surface area contributed by atoms with Crippen LogP contribution in [0.15, 0.2) is 28.7 Å². The van der Waals surface area contributed by atoms with E-state index < -0.39 is 30.5 Å². The molecular weight excluding hydrogens is 598 g/mol. The summed E-state index contributed by atoms with van der Waals surface area (Å²) in [6.07, 6.45) is 0.824. The van der Waals surface area contributed by atoms with Crippen molar-refractivity contribution in [1.82, 2.24) is 4.90 Å². The maximum absolute atomic E-state index is 13.3. The number of rotatable bonds is 6.